The number of carboxylic acids is 1. The molecule has 0 amide bonds. The maximum absolute atomic E-state index is 10.4. The van der Waals surface area contributed by atoms with E-state index < -0.39 is 5.97 Å². The number of benzene rings is 1. The van der Waals surface area contributed by atoms with Crippen molar-refractivity contribution in [2.45, 2.75) is 25.3 Å². The van der Waals surface area contributed by atoms with Gasteiger partial charge in [-0.1, -0.05) is 6.07 Å². The van der Waals surface area contributed by atoms with Gasteiger partial charge in [-0.2, -0.15) is 0 Å². The first-order valence-corrected chi connectivity index (χ1v) is 5.54. The number of carbonyl (C=O) groups is 1. The minimum atomic E-state index is -0.789. The van der Waals surface area contributed by atoms with Crippen LogP contribution in [0.1, 0.15) is 30.9 Å². The Bertz CT molecular complexity index is 419. The predicted molar refractivity (Wildman–Crippen MR) is 61.0 cm³/mol. The first-order chi connectivity index (χ1) is 8.16. The van der Waals surface area contributed by atoms with Crippen LogP contribution in [0.15, 0.2) is 18.2 Å². The van der Waals surface area contributed by atoms with Crippen LogP contribution in [0.5, 0.6) is 11.5 Å². The zero-order valence-corrected chi connectivity index (χ0v) is 9.39. The molecule has 3 N–H and O–H groups in total. The normalized spacial score (nSPS) is 14.6. The summed E-state index contributed by atoms with van der Waals surface area (Å²) in [5.74, 6) is 0.644. The molecular formula is C12H15NO4. The van der Waals surface area contributed by atoms with E-state index in [0.29, 0.717) is 18.6 Å². The van der Waals surface area contributed by atoms with Crippen LogP contribution < -0.4 is 15.2 Å². The van der Waals surface area contributed by atoms with Crippen molar-refractivity contribution in [3.05, 3.63) is 23.8 Å². The van der Waals surface area contributed by atoms with Gasteiger partial charge in [0, 0.05) is 12.5 Å². The van der Waals surface area contributed by atoms with Crippen LogP contribution >= 0.6 is 0 Å². The summed E-state index contributed by atoms with van der Waals surface area (Å²) >= 11 is 0. The molecule has 1 aromatic carbocycles. The molecule has 17 heavy (non-hydrogen) atoms. The van der Waals surface area contributed by atoms with Crippen molar-refractivity contribution in [1.82, 2.24) is 0 Å². The van der Waals surface area contributed by atoms with Crippen molar-refractivity contribution in [2.75, 3.05) is 6.79 Å². The third-order valence-corrected chi connectivity index (χ3v) is 2.73. The standard InChI is InChI=1S/C12H15NO4/c13-9(2-1-3-12(14)15)8-4-5-10-11(6-8)17-7-16-10/h4-6,9H,1-3,7,13H2,(H,14,15). The summed E-state index contributed by atoms with van der Waals surface area (Å²) in [4.78, 5) is 10.4. The zero-order chi connectivity index (χ0) is 12.3. The minimum absolute atomic E-state index is 0.151. The van der Waals surface area contributed by atoms with Gasteiger partial charge in [0.15, 0.2) is 11.5 Å². The predicted octanol–water partition coefficient (Wildman–Crippen LogP) is 1.67. The fourth-order valence-corrected chi connectivity index (χ4v) is 1.78. The number of rotatable bonds is 5. The van der Waals surface area contributed by atoms with E-state index in [4.69, 9.17) is 20.3 Å². The molecule has 0 saturated heterocycles. The fourth-order valence-electron chi connectivity index (χ4n) is 1.78. The third-order valence-electron chi connectivity index (χ3n) is 2.73. The molecule has 1 atom stereocenters. The molecule has 0 spiro atoms. The molecule has 0 bridgehead atoms. The monoisotopic (exact) mass is 237 g/mol. The topological polar surface area (TPSA) is 81.8 Å². The SMILES string of the molecule is NC(CCCC(=O)O)c1ccc2c(c1)OCO2. The molecule has 1 heterocycles. The quantitative estimate of drug-likeness (QED) is 0.814. The van der Waals surface area contributed by atoms with E-state index in [1.165, 1.54) is 0 Å². The maximum Gasteiger partial charge on any atom is 0.303 e. The Morgan fingerprint density at radius 3 is 2.94 bits per heavy atom. The molecule has 1 unspecified atom stereocenters. The maximum atomic E-state index is 10.4. The van der Waals surface area contributed by atoms with E-state index >= 15 is 0 Å². The van der Waals surface area contributed by atoms with Crippen LogP contribution in [-0.4, -0.2) is 17.9 Å². The number of carboxylic acid groups (broad SMARTS) is 1. The van der Waals surface area contributed by atoms with E-state index in [2.05, 4.69) is 0 Å². The lowest BCUT2D eigenvalue weighted by atomic mass is 10.0. The first-order valence-electron chi connectivity index (χ1n) is 5.54. The highest BCUT2D eigenvalue weighted by Crippen LogP contribution is 2.34. The first kappa shape index (κ1) is 11.7. The van der Waals surface area contributed by atoms with E-state index in [9.17, 15) is 4.79 Å². The highest BCUT2D eigenvalue weighted by Gasteiger charge is 2.15. The molecule has 1 aromatic rings. The van der Waals surface area contributed by atoms with Gasteiger partial charge in [-0.05, 0) is 30.5 Å². The van der Waals surface area contributed by atoms with Crippen molar-refractivity contribution in [3.63, 3.8) is 0 Å². The summed E-state index contributed by atoms with van der Waals surface area (Å²) in [5.41, 5.74) is 6.93. The van der Waals surface area contributed by atoms with Gasteiger partial charge < -0.3 is 20.3 Å². The minimum Gasteiger partial charge on any atom is -0.481 e. The second-order valence-electron chi connectivity index (χ2n) is 4.01. The molecule has 0 saturated carbocycles. The van der Waals surface area contributed by atoms with E-state index in [0.717, 1.165) is 11.3 Å². The second-order valence-corrected chi connectivity index (χ2v) is 4.01. The zero-order valence-electron chi connectivity index (χ0n) is 9.39. The van der Waals surface area contributed by atoms with Gasteiger partial charge in [-0.3, -0.25) is 4.79 Å². The Kier molecular flexibility index (Phi) is 3.49. The van der Waals surface area contributed by atoms with Gasteiger partial charge >= 0.3 is 5.97 Å². The highest BCUT2D eigenvalue weighted by molar-refractivity contribution is 5.66. The Balaban J connectivity index is 1.95. The van der Waals surface area contributed by atoms with Crippen LogP contribution in [0, 0.1) is 0 Å². The van der Waals surface area contributed by atoms with Gasteiger partial charge in [0.2, 0.25) is 6.79 Å². The van der Waals surface area contributed by atoms with Gasteiger partial charge in [0.25, 0.3) is 0 Å². The van der Waals surface area contributed by atoms with Gasteiger partial charge in [-0.25, -0.2) is 0 Å². The van der Waals surface area contributed by atoms with E-state index in [1.54, 1.807) is 0 Å². The van der Waals surface area contributed by atoms with Crippen LogP contribution in [-0.2, 0) is 4.79 Å². The van der Waals surface area contributed by atoms with Gasteiger partial charge in [-0.15, -0.1) is 0 Å². The smallest absolute Gasteiger partial charge is 0.303 e. The third kappa shape index (κ3) is 2.88. The van der Waals surface area contributed by atoms with Crippen molar-refractivity contribution in [3.8, 4) is 11.5 Å². The lowest BCUT2D eigenvalue weighted by Gasteiger charge is -2.11. The highest BCUT2D eigenvalue weighted by atomic mass is 16.7. The van der Waals surface area contributed by atoms with E-state index in [1.807, 2.05) is 18.2 Å². The average Bonchev–Trinajstić information content (AvgIpc) is 2.75. The molecule has 0 aromatic heterocycles. The van der Waals surface area contributed by atoms with Crippen LogP contribution in [0.3, 0.4) is 0 Å². The molecular weight excluding hydrogens is 222 g/mol. The molecule has 5 nitrogen and oxygen atoms in total. The molecule has 0 radical (unpaired) electrons. The van der Waals surface area contributed by atoms with Crippen LogP contribution in [0.25, 0.3) is 0 Å². The Hall–Kier alpha value is -1.75. The molecule has 5 heteroatoms. The Morgan fingerprint density at radius 1 is 1.41 bits per heavy atom. The number of aliphatic carboxylic acids is 1. The summed E-state index contributed by atoms with van der Waals surface area (Å²) in [6, 6.07) is 5.41. The summed E-state index contributed by atoms with van der Waals surface area (Å²) in [7, 11) is 0. The average molecular weight is 237 g/mol. The van der Waals surface area contributed by atoms with Gasteiger partial charge in [0.1, 0.15) is 0 Å². The molecule has 1 aliphatic heterocycles. The van der Waals surface area contributed by atoms with Crippen molar-refractivity contribution >= 4 is 5.97 Å². The molecule has 1 aliphatic rings. The lowest BCUT2D eigenvalue weighted by molar-refractivity contribution is -0.137. The van der Waals surface area contributed by atoms with Crippen molar-refractivity contribution < 1.29 is 19.4 Å². The largest absolute Gasteiger partial charge is 0.481 e. The number of hydrogen-bond acceptors (Lipinski definition) is 4. The van der Waals surface area contributed by atoms with Gasteiger partial charge in [0.05, 0.1) is 0 Å². The summed E-state index contributed by atoms with van der Waals surface area (Å²) < 4.78 is 10.5. The van der Waals surface area contributed by atoms with Crippen LogP contribution in [0.2, 0.25) is 0 Å². The molecule has 0 fully saturated rings. The summed E-state index contributed by atoms with van der Waals surface area (Å²) in [5, 5.41) is 8.55. The Labute approximate surface area is 99.1 Å². The molecule has 92 valence electrons. The van der Waals surface area contributed by atoms with Crippen molar-refractivity contribution in [1.29, 1.82) is 0 Å². The fraction of sp³-hybridized carbons (Fsp3) is 0.417. The van der Waals surface area contributed by atoms with Crippen LogP contribution in [0.4, 0.5) is 0 Å². The summed E-state index contributed by atoms with van der Waals surface area (Å²) in [6.45, 7) is 0.243. The second kappa shape index (κ2) is 5.05. The number of ether oxygens (including phenoxy) is 2. The lowest BCUT2D eigenvalue weighted by Crippen LogP contribution is -2.10. The van der Waals surface area contributed by atoms with Crippen molar-refractivity contribution in [2.24, 2.45) is 5.73 Å². The summed E-state index contributed by atoms with van der Waals surface area (Å²) in [6.07, 6.45) is 1.37. The molecule has 0 aliphatic carbocycles. The number of fused-ring (bicyclic) bond motifs is 1. The number of nitrogens with two attached hydrogens (primary N) is 1. The molecule has 2 rings (SSSR count). The number of hydrogen-bond donors (Lipinski definition) is 2. The van der Waals surface area contributed by atoms with E-state index in [-0.39, 0.29) is 19.3 Å². The Morgan fingerprint density at radius 2 is 2.18 bits per heavy atom.